The van der Waals surface area contributed by atoms with Gasteiger partial charge in [-0.3, -0.25) is 4.79 Å². The molecule has 0 aliphatic carbocycles. The molecule has 13 heteroatoms. The molecule has 2 aliphatic heterocycles. The summed E-state index contributed by atoms with van der Waals surface area (Å²) in [5.41, 5.74) is 0.713. The van der Waals surface area contributed by atoms with E-state index < -0.39 is 17.6 Å². The van der Waals surface area contributed by atoms with Crippen LogP contribution in [0.15, 0.2) is 18.3 Å². The Labute approximate surface area is 225 Å². The van der Waals surface area contributed by atoms with E-state index in [4.69, 9.17) is 4.74 Å². The summed E-state index contributed by atoms with van der Waals surface area (Å²) in [4.78, 5) is 25.8. The largest absolute Gasteiger partial charge is 0.421 e. The van der Waals surface area contributed by atoms with Gasteiger partial charge in [-0.05, 0) is 44.0 Å². The molecule has 1 aromatic heterocycles. The molecule has 2 fully saturated rings. The molecule has 0 bridgehead atoms. The zero-order valence-corrected chi connectivity index (χ0v) is 22.3. The number of carbonyl (C=O) groups excluding carboxylic acids is 1. The fourth-order valence-electron chi connectivity index (χ4n) is 4.65. The molecule has 0 saturated carbocycles. The fraction of sp³-hybridized carbons (Fsp3) is 0.577. The van der Waals surface area contributed by atoms with E-state index in [1.807, 2.05) is 18.9 Å². The van der Waals surface area contributed by atoms with Crippen LogP contribution < -0.4 is 15.5 Å². The van der Waals surface area contributed by atoms with Crippen LogP contribution in [0.1, 0.15) is 30.9 Å². The monoisotopic (exact) mass is 553 g/mol. The van der Waals surface area contributed by atoms with Crippen LogP contribution in [0.3, 0.4) is 0 Å². The Balaban J connectivity index is 1.47. The lowest BCUT2D eigenvalue weighted by Gasteiger charge is -2.34. The lowest BCUT2D eigenvalue weighted by Crippen LogP contribution is -2.44. The van der Waals surface area contributed by atoms with E-state index in [1.165, 1.54) is 6.07 Å². The molecule has 0 spiro atoms. The number of halogens is 4. The molecule has 2 aliphatic rings. The van der Waals surface area contributed by atoms with Crippen molar-refractivity contribution >= 4 is 29.0 Å². The van der Waals surface area contributed by atoms with Crippen LogP contribution >= 0.6 is 0 Å². The highest BCUT2D eigenvalue weighted by Crippen LogP contribution is 2.35. The van der Waals surface area contributed by atoms with Gasteiger partial charge in [0.2, 0.25) is 11.9 Å². The fourth-order valence-corrected chi connectivity index (χ4v) is 4.65. The molecule has 214 valence electrons. The highest BCUT2D eigenvalue weighted by Gasteiger charge is 2.35. The van der Waals surface area contributed by atoms with Crippen LogP contribution in [0, 0.1) is 5.82 Å². The Morgan fingerprint density at radius 2 is 1.90 bits per heavy atom. The average Bonchev–Trinajstić information content (AvgIpc) is 3.10. The second kappa shape index (κ2) is 12.8. The predicted octanol–water partition coefficient (Wildman–Crippen LogP) is 3.74. The standard InChI is InChI=1S/C26H35F4N7O2/c1-3-18-14-22(36-11-9-35(2)10-12-36)20(27)15-21(18)33-25-32-16-19(26(28,29)30)24(34-25)31-6-4-7-37-8-5-13-39-17-23(37)38/h14-16H,3-13,17H2,1-2H3,(H2,31,32,33,34). The number of piperazine rings is 1. The van der Waals surface area contributed by atoms with Crippen molar-refractivity contribution in [1.29, 1.82) is 0 Å². The zero-order chi connectivity index (χ0) is 28.0. The van der Waals surface area contributed by atoms with E-state index >= 15 is 4.39 Å². The number of alkyl halides is 3. The van der Waals surface area contributed by atoms with E-state index in [0.29, 0.717) is 63.2 Å². The molecular weight excluding hydrogens is 518 g/mol. The smallest absolute Gasteiger partial charge is 0.372 e. The lowest BCUT2D eigenvalue weighted by molar-refractivity contribution is -0.137. The molecule has 1 amide bonds. The van der Waals surface area contributed by atoms with Crippen molar-refractivity contribution in [2.75, 3.05) is 81.6 Å². The SMILES string of the molecule is CCc1cc(N2CCN(C)CC2)c(F)cc1Nc1ncc(C(F)(F)F)c(NCCCN2CCCOCC2=O)n1. The average molecular weight is 554 g/mol. The van der Waals surface area contributed by atoms with E-state index in [2.05, 4.69) is 25.5 Å². The summed E-state index contributed by atoms with van der Waals surface area (Å²) in [6, 6.07) is 3.13. The number of benzene rings is 1. The van der Waals surface area contributed by atoms with Gasteiger partial charge in [-0.15, -0.1) is 0 Å². The molecule has 39 heavy (non-hydrogen) atoms. The van der Waals surface area contributed by atoms with Crippen LogP contribution in [0.2, 0.25) is 0 Å². The third-order valence-corrected chi connectivity index (χ3v) is 6.93. The van der Waals surface area contributed by atoms with Gasteiger partial charge in [-0.2, -0.15) is 18.2 Å². The Morgan fingerprint density at radius 1 is 1.13 bits per heavy atom. The lowest BCUT2D eigenvalue weighted by atomic mass is 10.1. The molecule has 9 nitrogen and oxygen atoms in total. The molecule has 1 aromatic carbocycles. The molecule has 0 atom stereocenters. The van der Waals surface area contributed by atoms with Gasteiger partial charge in [0.15, 0.2) is 0 Å². The Kier molecular flexibility index (Phi) is 9.44. The van der Waals surface area contributed by atoms with Gasteiger partial charge in [-0.25, -0.2) is 9.37 Å². The van der Waals surface area contributed by atoms with E-state index in [-0.39, 0.29) is 30.8 Å². The van der Waals surface area contributed by atoms with Gasteiger partial charge in [0.1, 0.15) is 23.8 Å². The number of likely N-dealkylation sites (N-methyl/N-ethyl adjacent to an activating group) is 1. The van der Waals surface area contributed by atoms with Crippen LogP contribution in [-0.4, -0.2) is 91.7 Å². The number of aryl methyl sites for hydroxylation is 1. The number of nitrogens with one attached hydrogen (secondary N) is 2. The first-order valence-electron chi connectivity index (χ1n) is 13.2. The van der Waals surface area contributed by atoms with Crippen LogP contribution in [0.5, 0.6) is 0 Å². The number of hydrogen-bond donors (Lipinski definition) is 2. The second-order valence-corrected chi connectivity index (χ2v) is 9.75. The highest BCUT2D eigenvalue weighted by atomic mass is 19.4. The summed E-state index contributed by atoms with van der Waals surface area (Å²) in [5, 5.41) is 5.66. The van der Waals surface area contributed by atoms with Crippen molar-refractivity contribution in [3.8, 4) is 0 Å². The number of rotatable bonds is 9. The van der Waals surface area contributed by atoms with Crippen molar-refractivity contribution in [3.63, 3.8) is 0 Å². The highest BCUT2D eigenvalue weighted by molar-refractivity contribution is 5.77. The summed E-state index contributed by atoms with van der Waals surface area (Å²) in [7, 11) is 2.03. The second-order valence-electron chi connectivity index (χ2n) is 9.75. The van der Waals surface area contributed by atoms with Crippen molar-refractivity contribution < 1.29 is 27.1 Å². The van der Waals surface area contributed by atoms with Gasteiger partial charge in [0.25, 0.3) is 0 Å². The molecule has 3 heterocycles. The molecule has 2 N–H and O–H groups in total. The summed E-state index contributed by atoms with van der Waals surface area (Å²) < 4.78 is 61.3. The van der Waals surface area contributed by atoms with Crippen molar-refractivity contribution in [1.82, 2.24) is 19.8 Å². The first kappa shape index (κ1) is 28.8. The van der Waals surface area contributed by atoms with Gasteiger partial charge in [0.05, 0.1) is 5.69 Å². The summed E-state index contributed by atoms with van der Waals surface area (Å²) in [6.07, 6.45) is -2.23. The molecule has 2 saturated heterocycles. The maximum atomic E-state index is 15.1. The third-order valence-electron chi connectivity index (χ3n) is 6.93. The number of aromatic nitrogens is 2. The first-order chi connectivity index (χ1) is 18.7. The van der Waals surface area contributed by atoms with Crippen LogP contribution in [0.4, 0.5) is 40.7 Å². The van der Waals surface area contributed by atoms with Crippen molar-refractivity contribution in [2.24, 2.45) is 0 Å². The topological polar surface area (TPSA) is 85.9 Å². The van der Waals surface area contributed by atoms with Crippen molar-refractivity contribution in [2.45, 2.75) is 32.4 Å². The molecule has 2 aromatic rings. The molecule has 0 radical (unpaired) electrons. The Morgan fingerprint density at radius 3 is 2.62 bits per heavy atom. The van der Waals surface area contributed by atoms with Gasteiger partial charge < -0.3 is 30.1 Å². The number of anilines is 4. The van der Waals surface area contributed by atoms with Gasteiger partial charge >= 0.3 is 6.18 Å². The number of ether oxygens (including phenoxy) is 1. The van der Waals surface area contributed by atoms with Crippen molar-refractivity contribution in [3.05, 3.63) is 35.3 Å². The quantitative estimate of drug-likeness (QED) is 0.359. The van der Waals surface area contributed by atoms with Crippen LogP contribution in [-0.2, 0) is 22.1 Å². The number of hydrogen-bond acceptors (Lipinski definition) is 8. The minimum Gasteiger partial charge on any atom is -0.372 e. The maximum absolute atomic E-state index is 15.1. The van der Waals surface area contributed by atoms with Gasteiger partial charge in [-0.1, -0.05) is 6.92 Å². The minimum absolute atomic E-state index is 0.0171. The van der Waals surface area contributed by atoms with E-state index in [0.717, 1.165) is 25.1 Å². The number of nitrogens with zero attached hydrogens (tertiary/aromatic N) is 5. The Hall–Kier alpha value is -3.19. The maximum Gasteiger partial charge on any atom is 0.421 e. The summed E-state index contributed by atoms with van der Waals surface area (Å²) in [5.74, 6) is -1.00. The Bertz CT molecular complexity index is 1140. The van der Waals surface area contributed by atoms with Crippen LogP contribution in [0.25, 0.3) is 0 Å². The third kappa shape index (κ3) is 7.47. The molecular formula is C26H35F4N7O2. The zero-order valence-electron chi connectivity index (χ0n) is 22.3. The van der Waals surface area contributed by atoms with Gasteiger partial charge in [0, 0.05) is 64.3 Å². The molecule has 4 rings (SSSR count). The normalized spacial score (nSPS) is 17.3. The minimum atomic E-state index is -4.66. The first-order valence-corrected chi connectivity index (χ1v) is 13.2. The predicted molar refractivity (Wildman–Crippen MR) is 141 cm³/mol. The van der Waals surface area contributed by atoms with E-state index in [9.17, 15) is 18.0 Å². The number of carbonyl (C=O) groups is 1. The summed E-state index contributed by atoms with van der Waals surface area (Å²) in [6.45, 7) is 6.64. The van der Waals surface area contributed by atoms with E-state index in [1.54, 1.807) is 11.0 Å². The molecule has 0 unspecified atom stereocenters. The number of amides is 1. The summed E-state index contributed by atoms with van der Waals surface area (Å²) >= 11 is 0.